The van der Waals surface area contributed by atoms with Crippen molar-refractivity contribution in [2.24, 2.45) is 28.9 Å². The lowest BCUT2D eigenvalue weighted by Crippen LogP contribution is -2.46. The molecule has 1 saturated carbocycles. The molecule has 0 radical (unpaired) electrons. The average molecular weight is 461 g/mol. The van der Waals surface area contributed by atoms with Gasteiger partial charge in [-0.05, 0) is 44.6 Å². The molecule has 0 saturated heterocycles. The number of allylic oxidation sites excluding steroid dienone is 1. The van der Waals surface area contributed by atoms with Crippen molar-refractivity contribution in [3.63, 3.8) is 0 Å². The van der Waals surface area contributed by atoms with Gasteiger partial charge in [-0.1, -0.05) is 65.4 Å². The van der Waals surface area contributed by atoms with Crippen molar-refractivity contribution < 1.29 is 9.59 Å². The summed E-state index contributed by atoms with van der Waals surface area (Å²) in [6, 6.07) is -0.445. The van der Waals surface area contributed by atoms with E-state index in [0.717, 1.165) is 30.0 Å². The second kappa shape index (κ2) is 12.2. The van der Waals surface area contributed by atoms with Crippen LogP contribution < -0.4 is 5.73 Å². The van der Waals surface area contributed by atoms with E-state index in [1.54, 1.807) is 11.3 Å². The van der Waals surface area contributed by atoms with E-state index in [1.807, 2.05) is 27.7 Å². The third-order valence-electron chi connectivity index (χ3n) is 7.34. The van der Waals surface area contributed by atoms with Crippen molar-refractivity contribution in [1.29, 1.82) is 0 Å². The Bertz CT molecular complexity index is 795. The zero-order valence-corrected chi connectivity index (χ0v) is 21.9. The van der Waals surface area contributed by atoms with Crippen molar-refractivity contribution >= 4 is 29.0 Å². The Morgan fingerprint density at radius 1 is 1.12 bits per heavy atom. The molecule has 0 bridgehead atoms. The van der Waals surface area contributed by atoms with Gasteiger partial charge < -0.3 is 5.73 Å². The number of carbonyl (C=O) groups excluding carboxylic acids is 2. The molecule has 0 amide bonds. The van der Waals surface area contributed by atoms with Crippen LogP contribution in [0.15, 0.2) is 11.0 Å². The molecule has 1 heterocycles. The molecule has 4 atom stereocenters. The fraction of sp³-hybridized carbons (Fsp3) is 0.741. The van der Waals surface area contributed by atoms with Gasteiger partial charge in [-0.15, -0.1) is 11.3 Å². The summed E-state index contributed by atoms with van der Waals surface area (Å²) in [4.78, 5) is 30.8. The van der Waals surface area contributed by atoms with E-state index >= 15 is 0 Å². The molecule has 2 rings (SSSR count). The number of thiazole rings is 1. The predicted octanol–water partition coefficient (Wildman–Crippen LogP) is 6.76. The zero-order valence-electron chi connectivity index (χ0n) is 21.1. The Morgan fingerprint density at radius 2 is 1.78 bits per heavy atom. The lowest BCUT2D eigenvalue weighted by molar-refractivity contribution is -0.133. The van der Waals surface area contributed by atoms with Crippen LogP contribution in [0, 0.1) is 30.1 Å². The lowest BCUT2D eigenvalue weighted by atomic mass is 9.72. The second-order valence-corrected chi connectivity index (χ2v) is 11.8. The molecule has 0 aromatic carbocycles. The molecule has 0 aliphatic heterocycles. The Kier molecular flexibility index (Phi) is 10.3. The number of nitrogens with zero attached hydrogens (tertiary/aromatic N) is 1. The molecular formula is C27H44N2O2S. The Labute approximate surface area is 199 Å². The molecule has 5 heteroatoms. The van der Waals surface area contributed by atoms with Crippen LogP contribution in [0.3, 0.4) is 0 Å². The third-order valence-corrected chi connectivity index (χ3v) is 8.13. The summed E-state index contributed by atoms with van der Waals surface area (Å²) >= 11 is 1.65. The summed E-state index contributed by atoms with van der Waals surface area (Å²) in [5.41, 5.74) is 7.99. The van der Waals surface area contributed by atoms with Crippen LogP contribution in [0.2, 0.25) is 0 Å². The number of Topliss-reactive ketones (excluding diaryl/α,β-unsaturated/α-hetero) is 2. The Morgan fingerprint density at radius 3 is 2.41 bits per heavy atom. The van der Waals surface area contributed by atoms with E-state index in [0.29, 0.717) is 12.3 Å². The first kappa shape index (κ1) is 26.9. The number of aryl methyl sites for hydroxylation is 1. The molecule has 3 unspecified atom stereocenters. The van der Waals surface area contributed by atoms with Crippen LogP contribution >= 0.6 is 11.3 Å². The van der Waals surface area contributed by atoms with Gasteiger partial charge in [0.15, 0.2) is 0 Å². The first-order chi connectivity index (χ1) is 15.0. The maximum atomic E-state index is 13.2. The second-order valence-electron chi connectivity index (χ2n) is 10.7. The maximum absolute atomic E-state index is 13.2. The summed E-state index contributed by atoms with van der Waals surface area (Å²) in [6.45, 7) is 12.3. The van der Waals surface area contributed by atoms with Gasteiger partial charge in [-0.2, -0.15) is 0 Å². The highest BCUT2D eigenvalue weighted by molar-refractivity contribution is 7.09. The minimum Gasteiger partial charge on any atom is -0.326 e. The number of aromatic nitrogens is 1. The molecule has 180 valence electrons. The number of hydrogen-bond donors (Lipinski definition) is 1. The van der Waals surface area contributed by atoms with E-state index in [4.69, 9.17) is 5.73 Å². The molecule has 1 aliphatic rings. The molecular weight excluding hydrogens is 416 g/mol. The van der Waals surface area contributed by atoms with Gasteiger partial charge in [0.2, 0.25) is 0 Å². The highest BCUT2D eigenvalue weighted by Crippen LogP contribution is 2.32. The molecule has 1 aromatic heterocycles. The normalized spacial score (nSPS) is 29.8. The summed E-state index contributed by atoms with van der Waals surface area (Å²) in [5.74, 6) is 1.09. The van der Waals surface area contributed by atoms with E-state index in [-0.39, 0.29) is 29.8 Å². The smallest absolute Gasteiger partial charge is 0.142 e. The predicted molar refractivity (Wildman–Crippen MR) is 136 cm³/mol. The number of carbonyl (C=O) groups is 2. The van der Waals surface area contributed by atoms with E-state index < -0.39 is 11.5 Å². The highest BCUT2D eigenvalue weighted by atomic mass is 32.1. The van der Waals surface area contributed by atoms with E-state index in [9.17, 15) is 9.59 Å². The van der Waals surface area contributed by atoms with Gasteiger partial charge in [0.25, 0.3) is 0 Å². The first-order valence-corrected chi connectivity index (χ1v) is 13.3. The van der Waals surface area contributed by atoms with Gasteiger partial charge in [-0.25, -0.2) is 4.98 Å². The summed E-state index contributed by atoms with van der Waals surface area (Å²) in [6.07, 6.45) is 10.8. The number of nitrogens with two attached hydrogens (primary N) is 1. The van der Waals surface area contributed by atoms with Gasteiger partial charge in [0.05, 0.1) is 10.7 Å². The molecule has 1 aliphatic carbocycles. The summed E-state index contributed by atoms with van der Waals surface area (Å²) < 4.78 is 0. The van der Waals surface area contributed by atoms with E-state index in [1.165, 1.54) is 31.3 Å². The molecule has 32 heavy (non-hydrogen) atoms. The fourth-order valence-corrected chi connectivity index (χ4v) is 5.60. The topological polar surface area (TPSA) is 73.1 Å². The zero-order chi connectivity index (χ0) is 23.9. The fourth-order valence-electron chi connectivity index (χ4n) is 5.03. The van der Waals surface area contributed by atoms with Crippen LogP contribution in [0.25, 0.3) is 6.08 Å². The van der Waals surface area contributed by atoms with Crippen molar-refractivity contribution in [2.75, 3.05) is 0 Å². The van der Waals surface area contributed by atoms with Gasteiger partial charge in [0.1, 0.15) is 11.6 Å². The Hall–Kier alpha value is -1.33. The maximum Gasteiger partial charge on any atom is 0.142 e. The molecule has 0 spiro atoms. The van der Waals surface area contributed by atoms with Gasteiger partial charge in [0, 0.05) is 35.6 Å². The SMILES string of the molecule is C/C(=C\c1csc(C)n1)[C@@H]1CCCCCCC(C)CC(C)C(=O)C(C)(C)C(N)CC(=O)C1. The first-order valence-electron chi connectivity index (χ1n) is 12.4. The minimum absolute atomic E-state index is 0.0199. The van der Waals surface area contributed by atoms with Crippen molar-refractivity contribution in [1.82, 2.24) is 4.98 Å². The molecule has 2 N–H and O–H groups in total. The monoisotopic (exact) mass is 460 g/mol. The third kappa shape index (κ3) is 7.91. The largest absolute Gasteiger partial charge is 0.326 e. The quantitative estimate of drug-likeness (QED) is 0.529. The van der Waals surface area contributed by atoms with Crippen LogP contribution in [-0.2, 0) is 9.59 Å². The molecule has 1 fully saturated rings. The summed E-state index contributed by atoms with van der Waals surface area (Å²) in [5, 5.41) is 3.13. The molecule has 1 aromatic rings. The van der Waals surface area contributed by atoms with E-state index in [2.05, 4.69) is 30.3 Å². The number of ketones is 2. The summed E-state index contributed by atoms with van der Waals surface area (Å²) in [7, 11) is 0. The lowest BCUT2D eigenvalue weighted by Gasteiger charge is -2.33. The van der Waals surface area contributed by atoms with Gasteiger partial charge in [-0.3, -0.25) is 9.59 Å². The van der Waals surface area contributed by atoms with Crippen LogP contribution in [0.5, 0.6) is 0 Å². The minimum atomic E-state index is -0.690. The number of hydrogen-bond acceptors (Lipinski definition) is 5. The Balaban J connectivity index is 2.19. The van der Waals surface area contributed by atoms with Crippen LogP contribution in [-0.4, -0.2) is 22.6 Å². The molecule has 4 nitrogen and oxygen atoms in total. The van der Waals surface area contributed by atoms with Crippen LogP contribution in [0.4, 0.5) is 0 Å². The van der Waals surface area contributed by atoms with Crippen molar-refractivity contribution in [2.45, 2.75) is 105 Å². The highest BCUT2D eigenvalue weighted by Gasteiger charge is 2.38. The van der Waals surface area contributed by atoms with Crippen LogP contribution in [0.1, 0.15) is 103 Å². The van der Waals surface area contributed by atoms with Gasteiger partial charge >= 0.3 is 0 Å². The standard InChI is InChI=1S/C27H44N2O2S/c1-18-11-9-7-8-10-12-22(19(2)14-23-17-32-21(4)29-23)15-24(30)16-25(28)27(5,6)26(31)20(3)13-18/h14,17-18,20,22,25H,7-13,15-16,28H2,1-6H3/b19-14+/t18?,20?,22-,25?/m1/s1. The van der Waals surface area contributed by atoms with Crippen molar-refractivity contribution in [3.8, 4) is 0 Å². The average Bonchev–Trinajstić information content (AvgIpc) is 3.12. The van der Waals surface area contributed by atoms with Crippen molar-refractivity contribution in [3.05, 3.63) is 21.7 Å². The number of rotatable bonds is 2.